The summed E-state index contributed by atoms with van der Waals surface area (Å²) in [5.41, 5.74) is 1.63. The average molecular weight is 247 g/mol. The van der Waals surface area contributed by atoms with Crippen molar-refractivity contribution in [2.75, 3.05) is 26.4 Å². The summed E-state index contributed by atoms with van der Waals surface area (Å²) in [5.74, 6) is 0. The summed E-state index contributed by atoms with van der Waals surface area (Å²) < 4.78 is 5.57. The van der Waals surface area contributed by atoms with E-state index in [1.165, 1.54) is 5.56 Å². The Bertz CT molecular complexity index is 387. The van der Waals surface area contributed by atoms with E-state index in [2.05, 4.69) is 29.2 Å². The SMILES string of the molecule is OC[C@@H]1C[C@@]2(CCOC2)CN1Cc1ccccc1. The van der Waals surface area contributed by atoms with Crippen LogP contribution in [-0.2, 0) is 11.3 Å². The highest BCUT2D eigenvalue weighted by Crippen LogP contribution is 2.41. The summed E-state index contributed by atoms with van der Waals surface area (Å²) in [6, 6.07) is 10.8. The third kappa shape index (κ3) is 2.30. The molecule has 98 valence electrons. The van der Waals surface area contributed by atoms with Gasteiger partial charge in [0.1, 0.15) is 0 Å². The maximum atomic E-state index is 9.58. The molecule has 0 aromatic heterocycles. The predicted octanol–water partition coefficient (Wildman–Crippen LogP) is 1.66. The van der Waals surface area contributed by atoms with Crippen molar-refractivity contribution in [1.29, 1.82) is 0 Å². The Morgan fingerprint density at radius 3 is 2.83 bits per heavy atom. The van der Waals surface area contributed by atoms with Crippen LogP contribution in [0.25, 0.3) is 0 Å². The number of benzene rings is 1. The molecule has 2 aliphatic rings. The van der Waals surface area contributed by atoms with Crippen molar-refractivity contribution in [3.63, 3.8) is 0 Å². The van der Waals surface area contributed by atoms with E-state index >= 15 is 0 Å². The molecule has 3 rings (SSSR count). The number of aliphatic hydroxyl groups is 1. The molecule has 1 aromatic rings. The molecule has 0 radical (unpaired) electrons. The Morgan fingerprint density at radius 2 is 2.17 bits per heavy atom. The lowest BCUT2D eigenvalue weighted by Crippen LogP contribution is -2.32. The van der Waals surface area contributed by atoms with Crippen LogP contribution >= 0.6 is 0 Å². The molecular formula is C15H21NO2. The second kappa shape index (κ2) is 5.00. The highest BCUT2D eigenvalue weighted by atomic mass is 16.5. The Kier molecular flexibility index (Phi) is 3.37. The van der Waals surface area contributed by atoms with Crippen molar-refractivity contribution in [3.05, 3.63) is 35.9 Å². The van der Waals surface area contributed by atoms with Crippen molar-refractivity contribution in [3.8, 4) is 0 Å². The Balaban J connectivity index is 1.71. The molecule has 1 spiro atoms. The molecule has 0 amide bonds. The van der Waals surface area contributed by atoms with Crippen LogP contribution in [0.15, 0.2) is 30.3 Å². The molecular weight excluding hydrogens is 226 g/mol. The van der Waals surface area contributed by atoms with Gasteiger partial charge in [-0.2, -0.15) is 0 Å². The molecule has 0 bridgehead atoms. The van der Waals surface area contributed by atoms with Gasteiger partial charge in [-0.3, -0.25) is 4.90 Å². The molecule has 2 heterocycles. The van der Waals surface area contributed by atoms with Gasteiger partial charge in [0, 0.05) is 31.2 Å². The fraction of sp³-hybridized carbons (Fsp3) is 0.600. The minimum Gasteiger partial charge on any atom is -0.395 e. The van der Waals surface area contributed by atoms with E-state index < -0.39 is 0 Å². The van der Waals surface area contributed by atoms with Crippen LogP contribution in [0, 0.1) is 5.41 Å². The highest BCUT2D eigenvalue weighted by Gasteiger charge is 2.45. The summed E-state index contributed by atoms with van der Waals surface area (Å²) in [5, 5.41) is 9.58. The van der Waals surface area contributed by atoms with Crippen LogP contribution in [0.1, 0.15) is 18.4 Å². The third-order valence-corrected chi connectivity index (χ3v) is 4.35. The van der Waals surface area contributed by atoms with Crippen LogP contribution in [0.5, 0.6) is 0 Å². The Morgan fingerprint density at radius 1 is 1.33 bits per heavy atom. The van der Waals surface area contributed by atoms with Crippen LogP contribution in [-0.4, -0.2) is 42.4 Å². The first kappa shape index (κ1) is 12.2. The van der Waals surface area contributed by atoms with Gasteiger partial charge in [-0.15, -0.1) is 0 Å². The summed E-state index contributed by atoms with van der Waals surface area (Å²) in [4.78, 5) is 2.42. The van der Waals surface area contributed by atoms with Crippen molar-refractivity contribution in [2.45, 2.75) is 25.4 Å². The topological polar surface area (TPSA) is 32.7 Å². The molecule has 2 saturated heterocycles. The van der Waals surface area contributed by atoms with E-state index in [1.54, 1.807) is 0 Å². The van der Waals surface area contributed by atoms with Crippen LogP contribution in [0.3, 0.4) is 0 Å². The lowest BCUT2D eigenvalue weighted by atomic mass is 9.85. The number of hydrogen-bond donors (Lipinski definition) is 1. The summed E-state index contributed by atoms with van der Waals surface area (Å²) in [6.45, 7) is 4.02. The maximum Gasteiger partial charge on any atom is 0.0587 e. The predicted molar refractivity (Wildman–Crippen MR) is 70.2 cm³/mol. The van der Waals surface area contributed by atoms with Crippen molar-refractivity contribution in [2.24, 2.45) is 5.41 Å². The van der Waals surface area contributed by atoms with Crippen LogP contribution in [0.4, 0.5) is 0 Å². The van der Waals surface area contributed by atoms with E-state index in [0.29, 0.717) is 11.5 Å². The molecule has 1 aromatic carbocycles. The largest absolute Gasteiger partial charge is 0.395 e. The second-order valence-corrected chi connectivity index (χ2v) is 5.73. The zero-order valence-electron chi connectivity index (χ0n) is 10.7. The Hall–Kier alpha value is -0.900. The van der Waals surface area contributed by atoms with Gasteiger partial charge in [-0.25, -0.2) is 0 Å². The standard InChI is InChI=1S/C15H21NO2/c17-10-14-8-15(6-7-18-12-15)11-16(14)9-13-4-2-1-3-5-13/h1-5,14,17H,6-12H2/t14-,15-/m0/s1. The van der Waals surface area contributed by atoms with Gasteiger partial charge in [0.2, 0.25) is 0 Å². The smallest absolute Gasteiger partial charge is 0.0587 e. The quantitative estimate of drug-likeness (QED) is 0.881. The number of rotatable bonds is 3. The van der Waals surface area contributed by atoms with Gasteiger partial charge in [0.25, 0.3) is 0 Å². The molecule has 18 heavy (non-hydrogen) atoms. The van der Waals surface area contributed by atoms with Crippen molar-refractivity contribution >= 4 is 0 Å². The van der Waals surface area contributed by atoms with Gasteiger partial charge in [-0.05, 0) is 18.4 Å². The van der Waals surface area contributed by atoms with Gasteiger partial charge >= 0.3 is 0 Å². The molecule has 3 nitrogen and oxygen atoms in total. The average Bonchev–Trinajstić information content (AvgIpc) is 2.99. The third-order valence-electron chi connectivity index (χ3n) is 4.35. The monoisotopic (exact) mass is 247 g/mol. The number of likely N-dealkylation sites (tertiary alicyclic amines) is 1. The first-order chi connectivity index (χ1) is 8.81. The number of ether oxygens (including phenoxy) is 1. The molecule has 2 aliphatic heterocycles. The van der Waals surface area contributed by atoms with Crippen molar-refractivity contribution in [1.82, 2.24) is 4.90 Å². The van der Waals surface area contributed by atoms with E-state index in [9.17, 15) is 5.11 Å². The zero-order chi connectivity index (χ0) is 12.4. The second-order valence-electron chi connectivity index (χ2n) is 5.73. The molecule has 2 fully saturated rings. The Labute approximate surface area is 108 Å². The molecule has 0 unspecified atom stereocenters. The van der Waals surface area contributed by atoms with Crippen molar-refractivity contribution < 1.29 is 9.84 Å². The summed E-state index contributed by atoms with van der Waals surface area (Å²) in [6.07, 6.45) is 2.23. The van der Waals surface area contributed by atoms with Gasteiger partial charge in [0.15, 0.2) is 0 Å². The fourth-order valence-corrected chi connectivity index (χ4v) is 3.37. The van der Waals surface area contributed by atoms with Gasteiger partial charge in [-0.1, -0.05) is 30.3 Å². The fourth-order valence-electron chi connectivity index (χ4n) is 3.37. The zero-order valence-corrected chi connectivity index (χ0v) is 10.7. The molecule has 0 saturated carbocycles. The number of aliphatic hydroxyl groups excluding tert-OH is 1. The maximum absolute atomic E-state index is 9.58. The van der Waals surface area contributed by atoms with E-state index in [0.717, 1.165) is 39.1 Å². The first-order valence-corrected chi connectivity index (χ1v) is 6.78. The summed E-state index contributed by atoms with van der Waals surface area (Å²) in [7, 11) is 0. The molecule has 3 heteroatoms. The molecule has 2 atom stereocenters. The number of nitrogens with zero attached hydrogens (tertiary/aromatic N) is 1. The van der Waals surface area contributed by atoms with Crippen LogP contribution < -0.4 is 0 Å². The van der Waals surface area contributed by atoms with Gasteiger partial charge in [0.05, 0.1) is 13.2 Å². The lowest BCUT2D eigenvalue weighted by molar-refractivity contribution is 0.145. The van der Waals surface area contributed by atoms with E-state index in [1.807, 2.05) is 6.07 Å². The van der Waals surface area contributed by atoms with E-state index in [4.69, 9.17) is 4.74 Å². The van der Waals surface area contributed by atoms with E-state index in [-0.39, 0.29) is 6.61 Å². The first-order valence-electron chi connectivity index (χ1n) is 6.78. The minimum absolute atomic E-state index is 0.259. The van der Waals surface area contributed by atoms with Gasteiger partial charge < -0.3 is 9.84 Å². The molecule has 0 aliphatic carbocycles. The minimum atomic E-state index is 0.259. The van der Waals surface area contributed by atoms with Crippen LogP contribution in [0.2, 0.25) is 0 Å². The normalized spacial score (nSPS) is 32.4. The molecule has 1 N–H and O–H groups in total. The highest BCUT2D eigenvalue weighted by molar-refractivity contribution is 5.15. The summed E-state index contributed by atoms with van der Waals surface area (Å²) >= 11 is 0. The lowest BCUT2D eigenvalue weighted by Gasteiger charge is -2.23. The number of hydrogen-bond acceptors (Lipinski definition) is 3.